The van der Waals surface area contributed by atoms with E-state index in [0.29, 0.717) is 22.4 Å². The molecular weight excluding hydrogens is 535 g/mol. The number of anilines is 1. The molecule has 1 saturated heterocycles. The Morgan fingerprint density at radius 2 is 1.79 bits per heavy atom. The second-order valence-corrected chi connectivity index (χ2v) is 10.4. The molecule has 1 saturated carbocycles. The average Bonchev–Trinajstić information content (AvgIpc) is 3.52. The zero-order valence-corrected chi connectivity index (χ0v) is 21.4. The number of nitrogens with zero attached hydrogens (tertiary/aromatic N) is 3. The fraction of sp³-hybridized carbons (Fsp3) is 0.333. The van der Waals surface area contributed by atoms with E-state index in [1.54, 1.807) is 0 Å². The van der Waals surface area contributed by atoms with Gasteiger partial charge >= 0.3 is 12.3 Å². The molecule has 1 N–H and O–H groups in total. The van der Waals surface area contributed by atoms with Crippen LogP contribution in [0.2, 0.25) is 0 Å². The molecule has 4 aromatic rings. The number of benzene rings is 2. The van der Waals surface area contributed by atoms with E-state index < -0.39 is 18.1 Å². The summed E-state index contributed by atoms with van der Waals surface area (Å²) in [5.41, 5.74) is 3.11. The molecule has 0 spiro atoms. The highest BCUT2D eigenvalue weighted by Crippen LogP contribution is 2.44. The molecule has 204 valence electrons. The lowest BCUT2D eigenvalue weighted by molar-refractivity contribution is 0.0246. The number of carboxylic acids is 1. The summed E-state index contributed by atoms with van der Waals surface area (Å²) in [5.74, 6) is -0.346. The first-order valence-electron chi connectivity index (χ1n) is 12.4. The predicted molar refractivity (Wildman–Crippen MR) is 138 cm³/mol. The molecule has 1 aliphatic carbocycles. The fourth-order valence-corrected chi connectivity index (χ4v) is 5.67. The van der Waals surface area contributed by atoms with Crippen molar-refractivity contribution in [3.63, 3.8) is 0 Å². The number of hydrogen-bond acceptors (Lipinski definition) is 8. The molecule has 8 nitrogen and oxygen atoms in total. The molecule has 12 heteroatoms. The van der Waals surface area contributed by atoms with Crippen LogP contribution in [-0.2, 0) is 11.3 Å². The van der Waals surface area contributed by atoms with Crippen LogP contribution in [0.15, 0.2) is 47.0 Å². The quantitative estimate of drug-likeness (QED) is 0.244. The highest BCUT2D eigenvalue weighted by Gasteiger charge is 2.33. The largest absolute Gasteiger partial charge is 0.483 e. The Morgan fingerprint density at radius 1 is 1.10 bits per heavy atom. The third-order valence-corrected chi connectivity index (χ3v) is 7.74. The van der Waals surface area contributed by atoms with Crippen molar-refractivity contribution in [1.29, 1.82) is 0 Å². The van der Waals surface area contributed by atoms with E-state index in [-0.39, 0.29) is 17.2 Å². The van der Waals surface area contributed by atoms with Gasteiger partial charge in [-0.2, -0.15) is 0 Å². The number of rotatable bonds is 7. The van der Waals surface area contributed by atoms with Gasteiger partial charge in [0.05, 0.1) is 23.0 Å². The molecule has 0 bridgehead atoms. The van der Waals surface area contributed by atoms with Gasteiger partial charge in [-0.3, -0.25) is 0 Å². The molecule has 2 aromatic heterocycles. The maximum atomic E-state index is 14.4. The van der Waals surface area contributed by atoms with E-state index in [2.05, 4.69) is 15.0 Å². The monoisotopic (exact) mass is 559 g/mol. The highest BCUT2D eigenvalue weighted by molar-refractivity contribution is 7.22. The normalized spacial score (nSPS) is 15.7. The van der Waals surface area contributed by atoms with Crippen molar-refractivity contribution in [3.8, 4) is 11.3 Å². The topological polar surface area (TPSA) is 106 Å². The number of piperidine rings is 1. The minimum absolute atomic E-state index is 0.0634. The number of ether oxygens (including phenoxy) is 1. The summed E-state index contributed by atoms with van der Waals surface area (Å²) in [4.78, 5) is 25.9. The second-order valence-electron chi connectivity index (χ2n) is 9.34. The first kappa shape index (κ1) is 26.8. The van der Waals surface area contributed by atoms with Crippen molar-refractivity contribution >= 4 is 38.9 Å². The number of aromatic carboxylic acids is 1. The van der Waals surface area contributed by atoms with Gasteiger partial charge in [0, 0.05) is 30.1 Å². The van der Waals surface area contributed by atoms with Crippen LogP contribution in [0.3, 0.4) is 0 Å². The predicted octanol–water partition coefficient (Wildman–Crippen LogP) is 6.90. The summed E-state index contributed by atoms with van der Waals surface area (Å²) >= 11 is 1.32. The van der Waals surface area contributed by atoms with Crippen molar-refractivity contribution in [2.45, 2.75) is 44.3 Å². The standard InChI is InChI=1S/C26H24FN3O4S.CF2O/c27-20-12-17(25(31)32)13-21-23(20)28-26(35-21)30-10-8-18(9-11-30)33-14-19-22(15-4-2-1-3-5-15)29-34-24(19)16-6-7-16;2-1(3)4/h1-5,12-13,16,18H,6-11,14H2,(H,31,32);. The summed E-state index contributed by atoms with van der Waals surface area (Å²) < 4.78 is 46.4. The smallest absolute Gasteiger partial charge is 0.478 e. The van der Waals surface area contributed by atoms with Crippen LogP contribution >= 0.6 is 11.3 Å². The Labute approximate surface area is 225 Å². The zero-order chi connectivity index (χ0) is 27.5. The number of carboxylic acid groups (broad SMARTS) is 1. The highest BCUT2D eigenvalue weighted by atomic mass is 32.1. The van der Waals surface area contributed by atoms with Crippen molar-refractivity contribution in [3.05, 3.63) is 65.2 Å². The summed E-state index contributed by atoms with van der Waals surface area (Å²) in [7, 11) is 0. The van der Waals surface area contributed by atoms with Crippen LogP contribution in [-0.4, -0.2) is 46.7 Å². The van der Waals surface area contributed by atoms with Gasteiger partial charge in [-0.05, 0) is 37.8 Å². The lowest BCUT2D eigenvalue weighted by Gasteiger charge is -2.31. The maximum Gasteiger partial charge on any atom is 0.483 e. The van der Waals surface area contributed by atoms with Gasteiger partial charge < -0.3 is 19.3 Å². The Hall–Kier alpha value is -3.77. The summed E-state index contributed by atoms with van der Waals surface area (Å²) in [5, 5.41) is 14.3. The molecule has 0 unspecified atom stereocenters. The van der Waals surface area contributed by atoms with E-state index in [1.807, 2.05) is 30.3 Å². The SMILES string of the molecule is O=C(F)F.O=C(O)c1cc(F)c2nc(N3CCC(OCc4c(-c5ccccc5)noc4C4CC4)CC3)sc2c1. The second kappa shape index (κ2) is 11.5. The van der Waals surface area contributed by atoms with Crippen molar-refractivity contribution < 1.29 is 37.1 Å². The number of carbonyl (C=O) groups is 2. The van der Waals surface area contributed by atoms with E-state index in [0.717, 1.165) is 67.4 Å². The number of carbonyl (C=O) groups excluding carboxylic acids is 1. The summed E-state index contributed by atoms with van der Waals surface area (Å²) in [6.07, 6.45) is 1.17. The summed E-state index contributed by atoms with van der Waals surface area (Å²) in [6.45, 7) is 1.94. The molecular formula is C27H24F3N3O5S. The Balaban J connectivity index is 0.000000723. The molecule has 2 aromatic carbocycles. The van der Waals surface area contributed by atoms with Crippen LogP contribution in [0, 0.1) is 5.82 Å². The molecule has 0 amide bonds. The fourth-order valence-electron chi connectivity index (χ4n) is 4.60. The summed E-state index contributed by atoms with van der Waals surface area (Å²) in [6, 6.07) is 12.6. The molecule has 39 heavy (non-hydrogen) atoms. The molecule has 3 heterocycles. The van der Waals surface area contributed by atoms with Crippen LogP contribution in [0.4, 0.5) is 23.1 Å². The van der Waals surface area contributed by atoms with Crippen LogP contribution in [0.5, 0.6) is 0 Å². The van der Waals surface area contributed by atoms with Crippen LogP contribution < -0.4 is 4.90 Å². The lowest BCUT2D eigenvalue weighted by atomic mass is 10.0. The third-order valence-electron chi connectivity index (χ3n) is 6.67. The first-order chi connectivity index (χ1) is 18.8. The number of halogens is 3. The van der Waals surface area contributed by atoms with E-state index in [9.17, 15) is 23.1 Å². The molecule has 0 atom stereocenters. The van der Waals surface area contributed by atoms with E-state index >= 15 is 0 Å². The van der Waals surface area contributed by atoms with Gasteiger partial charge in [0.1, 0.15) is 17.0 Å². The van der Waals surface area contributed by atoms with Gasteiger partial charge in [0.25, 0.3) is 0 Å². The van der Waals surface area contributed by atoms with Crippen molar-refractivity contribution in [2.24, 2.45) is 0 Å². The Kier molecular flexibility index (Phi) is 7.94. The van der Waals surface area contributed by atoms with Gasteiger partial charge in [-0.1, -0.05) is 46.8 Å². The van der Waals surface area contributed by atoms with Gasteiger partial charge in [0.15, 0.2) is 10.9 Å². The lowest BCUT2D eigenvalue weighted by Crippen LogP contribution is -2.37. The number of hydrogen-bond donors (Lipinski definition) is 1. The minimum Gasteiger partial charge on any atom is -0.478 e. The number of fused-ring (bicyclic) bond motifs is 1. The van der Waals surface area contributed by atoms with Crippen LogP contribution in [0.1, 0.15) is 53.3 Å². The van der Waals surface area contributed by atoms with Crippen molar-refractivity contribution in [2.75, 3.05) is 18.0 Å². The molecule has 2 aliphatic rings. The molecule has 2 fully saturated rings. The molecule has 0 radical (unpaired) electrons. The third kappa shape index (κ3) is 6.28. The Bertz CT molecular complexity index is 1480. The van der Waals surface area contributed by atoms with Gasteiger partial charge in [-0.15, -0.1) is 8.78 Å². The zero-order valence-electron chi connectivity index (χ0n) is 20.6. The van der Waals surface area contributed by atoms with E-state index in [4.69, 9.17) is 14.1 Å². The van der Waals surface area contributed by atoms with Crippen LogP contribution in [0.25, 0.3) is 21.5 Å². The first-order valence-corrected chi connectivity index (χ1v) is 13.2. The van der Waals surface area contributed by atoms with Gasteiger partial charge in [0.2, 0.25) is 0 Å². The van der Waals surface area contributed by atoms with Gasteiger partial charge in [-0.25, -0.2) is 19.0 Å². The number of aromatic nitrogens is 2. The average molecular weight is 560 g/mol. The maximum absolute atomic E-state index is 14.4. The number of thiazole rings is 1. The molecule has 6 rings (SSSR count). The van der Waals surface area contributed by atoms with Crippen molar-refractivity contribution in [1.82, 2.24) is 10.1 Å². The minimum atomic E-state index is -2.83. The van der Waals surface area contributed by atoms with E-state index in [1.165, 1.54) is 17.4 Å². The molecule has 1 aliphatic heterocycles. The Morgan fingerprint density at radius 3 is 2.44 bits per heavy atom.